The smallest absolute Gasteiger partial charge is 0.266 e. The highest BCUT2D eigenvalue weighted by atomic mass is 79.9. The van der Waals surface area contributed by atoms with Gasteiger partial charge in [0.05, 0.1) is 16.8 Å². The molecule has 3 rings (SSSR count). The molecule has 0 saturated carbocycles. The maximum absolute atomic E-state index is 12.3. The van der Waals surface area contributed by atoms with Crippen molar-refractivity contribution >= 4 is 45.0 Å². The van der Waals surface area contributed by atoms with Gasteiger partial charge in [-0.3, -0.25) is 9.59 Å². The Kier molecular flexibility index (Phi) is 2.92. The van der Waals surface area contributed by atoms with Gasteiger partial charge in [-0.1, -0.05) is 27.5 Å². The average molecular weight is 337 g/mol. The molecule has 19 heavy (non-hydrogen) atoms. The van der Waals surface area contributed by atoms with Crippen LogP contribution in [0.3, 0.4) is 0 Å². The Labute approximate surface area is 122 Å². The van der Waals surface area contributed by atoms with Crippen LogP contribution in [-0.2, 0) is 0 Å². The van der Waals surface area contributed by atoms with Crippen LogP contribution in [0.25, 0.3) is 0 Å². The molecule has 2 aromatic rings. The van der Waals surface area contributed by atoms with Gasteiger partial charge in [-0.05, 0) is 42.5 Å². The van der Waals surface area contributed by atoms with Gasteiger partial charge in [0, 0.05) is 9.50 Å². The minimum Gasteiger partial charge on any atom is -0.268 e. The van der Waals surface area contributed by atoms with E-state index < -0.39 is 0 Å². The third-order valence-corrected chi connectivity index (χ3v) is 3.68. The van der Waals surface area contributed by atoms with Gasteiger partial charge in [0.2, 0.25) is 0 Å². The van der Waals surface area contributed by atoms with Crippen LogP contribution in [0.4, 0.5) is 5.69 Å². The van der Waals surface area contributed by atoms with Crippen LogP contribution >= 0.6 is 27.5 Å². The van der Waals surface area contributed by atoms with Crippen molar-refractivity contribution in [1.29, 1.82) is 0 Å². The molecule has 2 aromatic carbocycles. The fourth-order valence-electron chi connectivity index (χ4n) is 2.04. The summed E-state index contributed by atoms with van der Waals surface area (Å²) in [6.07, 6.45) is 0. The summed E-state index contributed by atoms with van der Waals surface area (Å²) < 4.78 is 0.769. The monoisotopic (exact) mass is 335 g/mol. The summed E-state index contributed by atoms with van der Waals surface area (Å²) in [5.74, 6) is -0.626. The molecule has 1 heterocycles. The summed E-state index contributed by atoms with van der Waals surface area (Å²) in [4.78, 5) is 25.7. The SMILES string of the molecule is O=C1c2ccc(Br)cc2C(=O)N1c1ccc(Cl)cc1. The lowest BCUT2D eigenvalue weighted by Gasteiger charge is -2.13. The zero-order valence-electron chi connectivity index (χ0n) is 9.56. The van der Waals surface area contributed by atoms with Crippen LogP contribution in [-0.4, -0.2) is 11.8 Å². The summed E-state index contributed by atoms with van der Waals surface area (Å²) in [7, 11) is 0. The maximum Gasteiger partial charge on any atom is 0.266 e. The zero-order chi connectivity index (χ0) is 13.6. The molecule has 0 saturated heterocycles. The van der Waals surface area contributed by atoms with Crippen LogP contribution in [0.1, 0.15) is 20.7 Å². The summed E-state index contributed by atoms with van der Waals surface area (Å²) in [6.45, 7) is 0. The van der Waals surface area contributed by atoms with Gasteiger partial charge in [-0.2, -0.15) is 0 Å². The summed E-state index contributed by atoms with van der Waals surface area (Å²) >= 11 is 9.11. The predicted octanol–water partition coefficient (Wildman–Crippen LogP) is 3.90. The first kappa shape index (κ1) is 12.4. The molecule has 1 aliphatic rings. The molecule has 0 N–H and O–H groups in total. The molecule has 2 amide bonds. The standard InChI is InChI=1S/C14H7BrClNO2/c15-8-1-6-11-12(7-8)14(19)17(13(11)18)10-4-2-9(16)3-5-10/h1-7H. The number of benzene rings is 2. The highest BCUT2D eigenvalue weighted by molar-refractivity contribution is 9.10. The maximum atomic E-state index is 12.3. The molecule has 5 heteroatoms. The van der Waals surface area contributed by atoms with Crippen LogP contribution in [0.15, 0.2) is 46.9 Å². The summed E-state index contributed by atoms with van der Waals surface area (Å²) in [6, 6.07) is 11.7. The Hall–Kier alpha value is -1.65. The first-order valence-electron chi connectivity index (χ1n) is 5.52. The van der Waals surface area contributed by atoms with Crippen molar-refractivity contribution in [1.82, 2.24) is 0 Å². The fraction of sp³-hybridized carbons (Fsp3) is 0. The molecule has 3 nitrogen and oxygen atoms in total. The number of imide groups is 1. The van der Waals surface area contributed by atoms with Crippen molar-refractivity contribution in [3.05, 3.63) is 63.1 Å². The van der Waals surface area contributed by atoms with Gasteiger partial charge < -0.3 is 0 Å². The van der Waals surface area contributed by atoms with Crippen molar-refractivity contribution in [2.24, 2.45) is 0 Å². The molecular weight excluding hydrogens is 330 g/mol. The number of anilines is 1. The second-order valence-electron chi connectivity index (χ2n) is 4.11. The van der Waals surface area contributed by atoms with E-state index in [1.807, 2.05) is 0 Å². The van der Waals surface area contributed by atoms with E-state index in [9.17, 15) is 9.59 Å². The largest absolute Gasteiger partial charge is 0.268 e. The number of carbonyl (C=O) groups is 2. The normalized spacial score (nSPS) is 13.9. The van der Waals surface area contributed by atoms with Gasteiger partial charge >= 0.3 is 0 Å². The Morgan fingerprint density at radius 1 is 0.895 bits per heavy atom. The molecule has 1 aliphatic heterocycles. The molecule has 0 aliphatic carbocycles. The van der Waals surface area contributed by atoms with E-state index in [0.29, 0.717) is 21.8 Å². The second kappa shape index (κ2) is 4.47. The molecule has 0 unspecified atom stereocenters. The van der Waals surface area contributed by atoms with E-state index >= 15 is 0 Å². The first-order chi connectivity index (χ1) is 9.08. The van der Waals surface area contributed by atoms with Crippen molar-refractivity contribution in [3.8, 4) is 0 Å². The van der Waals surface area contributed by atoms with Gasteiger partial charge in [0.15, 0.2) is 0 Å². The summed E-state index contributed by atoms with van der Waals surface area (Å²) in [5.41, 5.74) is 1.35. The van der Waals surface area contributed by atoms with Crippen molar-refractivity contribution in [2.45, 2.75) is 0 Å². The number of amides is 2. The van der Waals surface area contributed by atoms with Crippen LogP contribution in [0.2, 0.25) is 5.02 Å². The zero-order valence-corrected chi connectivity index (χ0v) is 11.9. The van der Waals surface area contributed by atoms with Gasteiger partial charge in [-0.15, -0.1) is 0 Å². The Morgan fingerprint density at radius 2 is 1.53 bits per heavy atom. The molecule has 0 aromatic heterocycles. The van der Waals surface area contributed by atoms with E-state index in [0.717, 1.165) is 9.37 Å². The Balaban J connectivity index is 2.10. The third-order valence-electron chi connectivity index (χ3n) is 2.93. The molecule has 0 bridgehead atoms. The van der Waals surface area contributed by atoms with Crippen LogP contribution < -0.4 is 4.90 Å². The van der Waals surface area contributed by atoms with Crippen LogP contribution in [0.5, 0.6) is 0 Å². The van der Waals surface area contributed by atoms with E-state index in [1.165, 1.54) is 0 Å². The number of fused-ring (bicyclic) bond motifs is 1. The predicted molar refractivity (Wildman–Crippen MR) is 76.7 cm³/mol. The quantitative estimate of drug-likeness (QED) is 0.741. The van der Waals surface area contributed by atoms with E-state index in [-0.39, 0.29) is 11.8 Å². The molecule has 94 valence electrons. The lowest BCUT2D eigenvalue weighted by atomic mass is 10.1. The highest BCUT2D eigenvalue weighted by Gasteiger charge is 2.36. The van der Waals surface area contributed by atoms with Crippen molar-refractivity contribution < 1.29 is 9.59 Å². The number of hydrogen-bond acceptors (Lipinski definition) is 2. The van der Waals surface area contributed by atoms with Crippen molar-refractivity contribution in [2.75, 3.05) is 4.90 Å². The lowest BCUT2D eigenvalue weighted by molar-refractivity contribution is 0.0926. The van der Waals surface area contributed by atoms with E-state index in [2.05, 4.69) is 15.9 Å². The molecule has 0 spiro atoms. The topological polar surface area (TPSA) is 37.4 Å². The average Bonchev–Trinajstić information content (AvgIpc) is 2.63. The number of halogens is 2. The second-order valence-corrected chi connectivity index (χ2v) is 5.46. The lowest BCUT2D eigenvalue weighted by Crippen LogP contribution is -2.29. The fourth-order valence-corrected chi connectivity index (χ4v) is 2.52. The van der Waals surface area contributed by atoms with Crippen molar-refractivity contribution in [3.63, 3.8) is 0 Å². The number of nitrogens with zero attached hydrogens (tertiary/aromatic N) is 1. The number of rotatable bonds is 1. The minimum absolute atomic E-state index is 0.310. The Bertz CT molecular complexity index is 697. The van der Waals surface area contributed by atoms with Crippen LogP contribution in [0, 0.1) is 0 Å². The van der Waals surface area contributed by atoms with Gasteiger partial charge in [0.1, 0.15) is 0 Å². The van der Waals surface area contributed by atoms with Gasteiger partial charge in [-0.25, -0.2) is 4.90 Å². The third kappa shape index (κ3) is 1.97. The molecule has 0 radical (unpaired) electrons. The number of hydrogen-bond donors (Lipinski definition) is 0. The molecular formula is C14H7BrClNO2. The molecule has 0 fully saturated rings. The minimum atomic E-state index is -0.316. The molecule has 0 atom stereocenters. The van der Waals surface area contributed by atoms with E-state index in [4.69, 9.17) is 11.6 Å². The highest BCUT2D eigenvalue weighted by Crippen LogP contribution is 2.30. The van der Waals surface area contributed by atoms with E-state index in [1.54, 1.807) is 42.5 Å². The van der Waals surface area contributed by atoms with Gasteiger partial charge in [0.25, 0.3) is 11.8 Å². The Morgan fingerprint density at radius 3 is 2.21 bits per heavy atom. The first-order valence-corrected chi connectivity index (χ1v) is 6.69. The number of carbonyl (C=O) groups excluding carboxylic acids is 2. The summed E-state index contributed by atoms with van der Waals surface area (Å²) in [5, 5.41) is 0.558.